The fourth-order valence-corrected chi connectivity index (χ4v) is 4.92. The number of nitrogens with zero attached hydrogens (tertiary/aromatic N) is 1. The van der Waals surface area contributed by atoms with E-state index in [9.17, 15) is 13.2 Å². The highest BCUT2D eigenvalue weighted by Gasteiger charge is 2.30. The van der Waals surface area contributed by atoms with Crippen LogP contribution < -0.4 is 19.1 Å². The Balaban J connectivity index is 1.38. The van der Waals surface area contributed by atoms with Crippen molar-refractivity contribution in [3.8, 4) is 11.5 Å². The van der Waals surface area contributed by atoms with E-state index in [0.717, 1.165) is 11.3 Å². The summed E-state index contributed by atoms with van der Waals surface area (Å²) < 4.78 is 38.0. The van der Waals surface area contributed by atoms with Crippen LogP contribution in [0, 0.1) is 0 Å². The maximum Gasteiger partial charge on any atom is 0.264 e. The summed E-state index contributed by atoms with van der Waals surface area (Å²) >= 11 is 0. The third-order valence-electron chi connectivity index (χ3n) is 5.00. The molecule has 0 spiro atoms. The van der Waals surface area contributed by atoms with E-state index in [-0.39, 0.29) is 17.4 Å². The number of ether oxygens (including phenoxy) is 2. The van der Waals surface area contributed by atoms with Gasteiger partial charge >= 0.3 is 0 Å². The Kier molecular flexibility index (Phi) is 5.81. The summed E-state index contributed by atoms with van der Waals surface area (Å²) in [7, 11) is -2.09. The molecule has 0 aromatic heterocycles. The van der Waals surface area contributed by atoms with Crippen LogP contribution in [0.2, 0.25) is 0 Å². The van der Waals surface area contributed by atoms with E-state index < -0.39 is 10.0 Å². The molecule has 4 rings (SSSR count). The summed E-state index contributed by atoms with van der Waals surface area (Å²) in [6.45, 7) is 0.250. The summed E-state index contributed by atoms with van der Waals surface area (Å²) in [4.78, 5) is 12.3. The van der Waals surface area contributed by atoms with E-state index in [1.807, 2.05) is 24.3 Å². The minimum atomic E-state index is -3.66. The lowest BCUT2D eigenvalue weighted by Gasteiger charge is -2.19. The first kappa shape index (κ1) is 20.7. The Labute approximate surface area is 181 Å². The number of methoxy groups -OCH3 is 1. The fraction of sp³-hybridized carbons (Fsp3) is 0.174. The van der Waals surface area contributed by atoms with Crippen molar-refractivity contribution >= 4 is 27.3 Å². The number of nitrogens with one attached hydrogen (secondary N) is 1. The van der Waals surface area contributed by atoms with Gasteiger partial charge in [-0.05, 0) is 66.6 Å². The Hall–Kier alpha value is -3.52. The van der Waals surface area contributed by atoms with E-state index >= 15 is 0 Å². The monoisotopic (exact) mass is 438 g/mol. The zero-order valence-electron chi connectivity index (χ0n) is 16.9. The van der Waals surface area contributed by atoms with Crippen molar-refractivity contribution in [1.82, 2.24) is 0 Å². The van der Waals surface area contributed by atoms with Gasteiger partial charge in [0.15, 0.2) is 6.61 Å². The third-order valence-corrected chi connectivity index (χ3v) is 6.83. The number of hydrogen-bond acceptors (Lipinski definition) is 5. The largest absolute Gasteiger partial charge is 0.497 e. The molecule has 31 heavy (non-hydrogen) atoms. The molecule has 1 N–H and O–H groups in total. The molecular formula is C23H22N2O5S. The van der Waals surface area contributed by atoms with Crippen LogP contribution >= 0.6 is 0 Å². The number of para-hydroxylation sites is 1. The van der Waals surface area contributed by atoms with Crippen molar-refractivity contribution < 1.29 is 22.7 Å². The van der Waals surface area contributed by atoms with Crippen molar-refractivity contribution in [3.05, 3.63) is 78.4 Å². The van der Waals surface area contributed by atoms with Crippen molar-refractivity contribution in [3.63, 3.8) is 0 Å². The first-order chi connectivity index (χ1) is 15.0. The number of anilines is 2. The summed E-state index contributed by atoms with van der Waals surface area (Å²) in [6, 6.07) is 20.5. The minimum Gasteiger partial charge on any atom is -0.497 e. The van der Waals surface area contributed by atoms with E-state index in [4.69, 9.17) is 9.47 Å². The number of hydrogen-bond donors (Lipinski definition) is 1. The summed E-state index contributed by atoms with van der Waals surface area (Å²) in [5.74, 6) is 0.896. The molecule has 3 aromatic rings. The second-order valence-corrected chi connectivity index (χ2v) is 8.85. The molecule has 160 valence electrons. The molecule has 0 aliphatic carbocycles. The third kappa shape index (κ3) is 4.49. The molecule has 0 radical (unpaired) electrons. The lowest BCUT2D eigenvalue weighted by atomic mass is 10.2. The molecular weight excluding hydrogens is 416 g/mol. The van der Waals surface area contributed by atoms with Gasteiger partial charge in [-0.3, -0.25) is 9.10 Å². The summed E-state index contributed by atoms with van der Waals surface area (Å²) in [5, 5.41) is 2.70. The molecule has 0 unspecified atom stereocenters. The Bertz CT molecular complexity index is 1180. The highest BCUT2D eigenvalue weighted by atomic mass is 32.2. The molecule has 0 saturated heterocycles. The number of rotatable bonds is 7. The molecule has 0 bridgehead atoms. The van der Waals surface area contributed by atoms with Gasteiger partial charge in [0, 0.05) is 12.2 Å². The zero-order valence-corrected chi connectivity index (χ0v) is 17.8. The minimum absolute atomic E-state index is 0.170. The molecule has 0 fully saturated rings. The Morgan fingerprint density at radius 3 is 2.35 bits per heavy atom. The van der Waals surface area contributed by atoms with Crippen molar-refractivity contribution in [2.75, 3.05) is 29.9 Å². The first-order valence-corrected chi connectivity index (χ1v) is 11.2. The van der Waals surface area contributed by atoms with Crippen LogP contribution in [0.1, 0.15) is 5.56 Å². The molecule has 0 atom stereocenters. The first-order valence-electron chi connectivity index (χ1n) is 9.75. The smallest absolute Gasteiger partial charge is 0.264 e. The van der Waals surface area contributed by atoms with E-state index in [2.05, 4.69) is 5.32 Å². The highest BCUT2D eigenvalue weighted by Crippen LogP contribution is 2.32. The summed E-state index contributed by atoms with van der Waals surface area (Å²) in [5.41, 5.74) is 2.23. The molecule has 1 heterocycles. The van der Waals surface area contributed by atoms with Crippen molar-refractivity contribution in [2.45, 2.75) is 11.3 Å². The quantitative estimate of drug-likeness (QED) is 0.611. The number of sulfonamides is 1. The molecule has 1 aliphatic heterocycles. The topological polar surface area (TPSA) is 84.9 Å². The number of fused-ring (bicyclic) bond motifs is 1. The van der Waals surface area contributed by atoms with Crippen LogP contribution in [0.4, 0.5) is 11.4 Å². The van der Waals surface area contributed by atoms with Crippen LogP contribution in [0.5, 0.6) is 11.5 Å². The maximum atomic E-state index is 13.0. The predicted octanol–water partition coefficient (Wildman–Crippen LogP) is 3.46. The van der Waals surface area contributed by atoms with Gasteiger partial charge in [-0.15, -0.1) is 0 Å². The Morgan fingerprint density at radius 2 is 1.65 bits per heavy atom. The van der Waals surface area contributed by atoms with E-state index in [1.54, 1.807) is 43.5 Å². The van der Waals surface area contributed by atoms with Crippen LogP contribution in [-0.2, 0) is 21.2 Å². The van der Waals surface area contributed by atoms with Crippen LogP contribution in [0.15, 0.2) is 77.7 Å². The van der Waals surface area contributed by atoms with Gasteiger partial charge in [-0.1, -0.05) is 18.2 Å². The van der Waals surface area contributed by atoms with E-state index in [1.165, 1.54) is 16.4 Å². The second kappa shape index (κ2) is 8.69. The second-order valence-electron chi connectivity index (χ2n) is 6.99. The molecule has 1 aliphatic rings. The molecule has 7 nitrogen and oxygen atoms in total. The number of amides is 1. The Morgan fingerprint density at radius 1 is 0.968 bits per heavy atom. The normalized spacial score (nSPS) is 12.9. The van der Waals surface area contributed by atoms with Crippen LogP contribution in [0.25, 0.3) is 0 Å². The average molecular weight is 439 g/mol. The van der Waals surface area contributed by atoms with Gasteiger partial charge in [0.1, 0.15) is 11.5 Å². The standard InChI is InChI=1S/C23H22N2O5S/c1-29-19-8-10-20(11-9-19)30-16-23(26)24-18-6-12-21(13-7-18)31(27,28)25-15-14-17-4-2-3-5-22(17)25/h2-13H,14-16H2,1H3,(H,24,26). The predicted molar refractivity (Wildman–Crippen MR) is 118 cm³/mol. The molecule has 3 aromatic carbocycles. The van der Waals surface area contributed by atoms with Gasteiger partial charge in [0.05, 0.1) is 17.7 Å². The fourth-order valence-electron chi connectivity index (χ4n) is 3.41. The van der Waals surface area contributed by atoms with Crippen molar-refractivity contribution in [1.29, 1.82) is 0 Å². The van der Waals surface area contributed by atoms with Gasteiger partial charge in [0.2, 0.25) is 0 Å². The van der Waals surface area contributed by atoms with E-state index in [0.29, 0.717) is 30.2 Å². The number of carbonyl (C=O) groups excluding carboxylic acids is 1. The molecule has 0 saturated carbocycles. The van der Waals surface area contributed by atoms with Crippen LogP contribution in [-0.4, -0.2) is 34.6 Å². The molecule has 8 heteroatoms. The average Bonchev–Trinajstić information content (AvgIpc) is 3.23. The van der Waals surface area contributed by atoms with Gasteiger partial charge in [-0.25, -0.2) is 8.42 Å². The van der Waals surface area contributed by atoms with Gasteiger partial charge in [-0.2, -0.15) is 0 Å². The van der Waals surface area contributed by atoms with Crippen molar-refractivity contribution in [2.24, 2.45) is 0 Å². The summed E-state index contributed by atoms with van der Waals surface area (Å²) in [6.07, 6.45) is 0.692. The van der Waals surface area contributed by atoms with Gasteiger partial charge in [0.25, 0.3) is 15.9 Å². The highest BCUT2D eigenvalue weighted by molar-refractivity contribution is 7.92. The SMILES string of the molecule is COc1ccc(OCC(=O)Nc2ccc(S(=O)(=O)N3CCc4ccccc43)cc2)cc1. The zero-order chi connectivity index (χ0) is 21.8. The molecule has 1 amide bonds. The number of benzene rings is 3. The lowest BCUT2D eigenvalue weighted by molar-refractivity contribution is -0.118. The van der Waals surface area contributed by atoms with Crippen LogP contribution in [0.3, 0.4) is 0 Å². The maximum absolute atomic E-state index is 13.0. The lowest BCUT2D eigenvalue weighted by Crippen LogP contribution is -2.29. The van der Waals surface area contributed by atoms with Gasteiger partial charge < -0.3 is 14.8 Å². The number of carbonyl (C=O) groups is 1.